The van der Waals surface area contributed by atoms with Gasteiger partial charge in [-0.2, -0.15) is 0 Å². The molecule has 0 fully saturated rings. The Bertz CT molecular complexity index is 371. The predicted octanol–water partition coefficient (Wildman–Crippen LogP) is 2.05. The number of aliphatic hydroxyl groups excluding tert-OH is 2. The number of rotatable bonds is 9. The molecule has 0 aromatic carbocycles. The smallest absolute Gasteiger partial charge is 0.330 e. The Morgan fingerprint density at radius 2 is 2.05 bits per heavy atom. The Balaban J connectivity index is 0. The molecule has 0 aromatic heterocycles. The summed E-state index contributed by atoms with van der Waals surface area (Å²) in [7, 11) is 0. The second-order valence-electron chi connectivity index (χ2n) is 4.39. The van der Waals surface area contributed by atoms with Crippen molar-refractivity contribution in [2.45, 2.75) is 52.1 Å². The highest BCUT2D eigenvalue weighted by molar-refractivity contribution is 5.82. The van der Waals surface area contributed by atoms with Crippen molar-refractivity contribution < 1.29 is 19.7 Å². The quantitative estimate of drug-likeness (QED) is 0.296. The zero-order chi connectivity index (χ0) is 16.5. The van der Waals surface area contributed by atoms with Gasteiger partial charge in [0.15, 0.2) is 0 Å². The number of hydrogen-bond acceptors (Lipinski definition) is 4. The number of hydrogen-bond donors (Lipinski definition) is 2. The molecule has 1 unspecified atom stereocenters. The zero-order valence-corrected chi connectivity index (χ0v) is 13.0. The minimum atomic E-state index is -0.391. The Kier molecular flexibility index (Phi) is 16.7. The van der Waals surface area contributed by atoms with Crippen LogP contribution in [0.5, 0.6) is 0 Å². The second-order valence-corrected chi connectivity index (χ2v) is 4.39. The van der Waals surface area contributed by atoms with Crippen molar-refractivity contribution in [1.29, 1.82) is 0 Å². The molecular weight excluding hydrogens is 268 g/mol. The Morgan fingerprint density at radius 3 is 2.62 bits per heavy atom. The molecule has 0 spiro atoms. The first-order valence-electron chi connectivity index (χ1n) is 6.96. The predicted molar refractivity (Wildman–Crippen MR) is 84.2 cm³/mol. The summed E-state index contributed by atoms with van der Waals surface area (Å²) in [5.74, 6) is 5.30. The van der Waals surface area contributed by atoms with Crippen molar-refractivity contribution in [1.82, 2.24) is 0 Å². The summed E-state index contributed by atoms with van der Waals surface area (Å²) in [5.41, 5.74) is 0.884. The van der Waals surface area contributed by atoms with E-state index in [1.165, 1.54) is 6.08 Å². The fraction of sp³-hybridized carbons (Fsp3) is 0.588. The molecule has 0 bridgehead atoms. The molecule has 0 aromatic rings. The highest BCUT2D eigenvalue weighted by Gasteiger charge is 2.05. The van der Waals surface area contributed by atoms with Crippen LogP contribution in [0.1, 0.15) is 46.0 Å². The van der Waals surface area contributed by atoms with Crippen LogP contribution in [0.2, 0.25) is 0 Å². The third-order valence-corrected chi connectivity index (χ3v) is 2.56. The molecule has 0 rings (SSSR count). The second kappa shape index (κ2) is 16.3. The minimum Gasteiger partial charge on any atom is -0.462 e. The number of carbonyl (C=O) groups is 1. The number of carbonyl (C=O) groups excluding carboxylic acids is 1. The average Bonchev–Trinajstić information content (AvgIpc) is 2.48. The van der Waals surface area contributed by atoms with Gasteiger partial charge in [-0.15, -0.1) is 24.7 Å². The van der Waals surface area contributed by atoms with E-state index >= 15 is 0 Å². The first kappa shape index (κ1) is 21.5. The van der Waals surface area contributed by atoms with E-state index in [4.69, 9.17) is 9.84 Å². The summed E-state index contributed by atoms with van der Waals surface area (Å²) in [4.78, 5) is 11.3. The van der Waals surface area contributed by atoms with Crippen LogP contribution in [-0.2, 0) is 9.53 Å². The van der Waals surface area contributed by atoms with Crippen molar-refractivity contribution in [3.8, 4) is 24.7 Å². The van der Waals surface area contributed by atoms with E-state index in [0.29, 0.717) is 32.1 Å². The lowest BCUT2D eigenvalue weighted by Crippen LogP contribution is -2.07. The molecule has 0 heterocycles. The Labute approximate surface area is 128 Å². The normalized spacial score (nSPS) is 11.4. The van der Waals surface area contributed by atoms with Gasteiger partial charge < -0.3 is 14.9 Å². The van der Waals surface area contributed by atoms with Gasteiger partial charge in [0, 0.05) is 25.5 Å². The van der Waals surface area contributed by atoms with Gasteiger partial charge >= 0.3 is 5.97 Å². The standard InChI is InChI=1S/C15H24O4.C2H2/c1-3-4-5-7-14(17)9-8-13(2)12-15(18)19-11-6-10-16;1-2/h12,14,16-17H,5-11H2,1-2H3;1-2H/b13-12+;. The Hall–Kier alpha value is -1.75. The molecule has 0 saturated heterocycles. The van der Waals surface area contributed by atoms with Crippen LogP contribution in [0.15, 0.2) is 11.6 Å². The van der Waals surface area contributed by atoms with E-state index in [1.807, 2.05) is 6.92 Å². The van der Waals surface area contributed by atoms with Crippen molar-refractivity contribution in [2.75, 3.05) is 13.2 Å². The summed E-state index contributed by atoms with van der Waals surface area (Å²) >= 11 is 0. The van der Waals surface area contributed by atoms with Crippen LogP contribution in [0.4, 0.5) is 0 Å². The largest absolute Gasteiger partial charge is 0.462 e. The van der Waals surface area contributed by atoms with Crippen LogP contribution < -0.4 is 0 Å². The summed E-state index contributed by atoms with van der Waals surface area (Å²) in [6, 6.07) is 0. The van der Waals surface area contributed by atoms with Crippen LogP contribution in [0, 0.1) is 24.7 Å². The summed E-state index contributed by atoms with van der Waals surface area (Å²) in [6.07, 6.45) is 12.2. The summed E-state index contributed by atoms with van der Waals surface area (Å²) in [5, 5.41) is 18.2. The number of esters is 1. The molecule has 0 aliphatic rings. The lowest BCUT2D eigenvalue weighted by atomic mass is 10.0. The highest BCUT2D eigenvalue weighted by atomic mass is 16.5. The number of ether oxygens (including phenoxy) is 1. The SMILES string of the molecule is C#C.CC#CCCC(O)CC/C(C)=C/C(=O)OCCCO. The first-order chi connectivity index (χ1) is 10.1. The molecule has 0 saturated carbocycles. The van der Waals surface area contributed by atoms with Gasteiger partial charge in [-0.3, -0.25) is 0 Å². The van der Waals surface area contributed by atoms with Crippen molar-refractivity contribution >= 4 is 5.97 Å². The third-order valence-electron chi connectivity index (χ3n) is 2.56. The lowest BCUT2D eigenvalue weighted by Gasteiger charge is -2.08. The number of allylic oxidation sites excluding steroid dienone is 1. The molecule has 0 amide bonds. The van der Waals surface area contributed by atoms with Crippen molar-refractivity contribution in [3.05, 3.63) is 11.6 Å². The van der Waals surface area contributed by atoms with Gasteiger partial charge in [0.25, 0.3) is 0 Å². The molecule has 4 heteroatoms. The molecular formula is C17H26O4. The maximum Gasteiger partial charge on any atom is 0.330 e. The maximum atomic E-state index is 11.3. The van der Waals surface area contributed by atoms with Gasteiger partial charge in [0.05, 0.1) is 12.7 Å². The third kappa shape index (κ3) is 16.2. The highest BCUT2D eigenvalue weighted by Crippen LogP contribution is 2.10. The average molecular weight is 294 g/mol. The van der Waals surface area contributed by atoms with E-state index in [-0.39, 0.29) is 19.3 Å². The number of aliphatic hydroxyl groups is 2. The minimum absolute atomic E-state index is 0.0167. The van der Waals surface area contributed by atoms with Crippen molar-refractivity contribution in [3.63, 3.8) is 0 Å². The lowest BCUT2D eigenvalue weighted by molar-refractivity contribution is -0.138. The molecule has 0 aliphatic carbocycles. The maximum absolute atomic E-state index is 11.3. The van der Waals surface area contributed by atoms with Gasteiger partial charge in [-0.25, -0.2) is 4.79 Å². The topological polar surface area (TPSA) is 66.8 Å². The molecule has 1 atom stereocenters. The molecule has 118 valence electrons. The molecule has 21 heavy (non-hydrogen) atoms. The Morgan fingerprint density at radius 1 is 1.38 bits per heavy atom. The molecule has 0 radical (unpaired) electrons. The van der Waals surface area contributed by atoms with Crippen LogP contribution in [0.25, 0.3) is 0 Å². The fourth-order valence-electron chi connectivity index (χ4n) is 1.45. The van der Waals surface area contributed by atoms with E-state index in [2.05, 4.69) is 24.7 Å². The van der Waals surface area contributed by atoms with Gasteiger partial charge in [-0.05, 0) is 33.1 Å². The van der Waals surface area contributed by atoms with Crippen LogP contribution >= 0.6 is 0 Å². The van der Waals surface area contributed by atoms with E-state index in [0.717, 1.165) is 5.57 Å². The molecule has 4 nitrogen and oxygen atoms in total. The van der Waals surface area contributed by atoms with Crippen molar-refractivity contribution in [2.24, 2.45) is 0 Å². The molecule has 2 N–H and O–H groups in total. The van der Waals surface area contributed by atoms with Crippen LogP contribution in [-0.4, -0.2) is 35.5 Å². The fourth-order valence-corrected chi connectivity index (χ4v) is 1.45. The molecule has 0 aliphatic heterocycles. The van der Waals surface area contributed by atoms with Crippen LogP contribution in [0.3, 0.4) is 0 Å². The van der Waals surface area contributed by atoms with Gasteiger partial charge in [0.1, 0.15) is 0 Å². The van der Waals surface area contributed by atoms with E-state index in [9.17, 15) is 9.90 Å². The monoisotopic (exact) mass is 294 g/mol. The van der Waals surface area contributed by atoms with Gasteiger partial charge in [-0.1, -0.05) is 5.57 Å². The van der Waals surface area contributed by atoms with E-state index in [1.54, 1.807) is 6.92 Å². The zero-order valence-electron chi connectivity index (χ0n) is 13.0. The first-order valence-corrected chi connectivity index (χ1v) is 6.96. The number of terminal acetylenes is 1. The van der Waals surface area contributed by atoms with Gasteiger partial charge in [0.2, 0.25) is 0 Å². The summed E-state index contributed by atoms with van der Waals surface area (Å²) < 4.78 is 4.88. The summed E-state index contributed by atoms with van der Waals surface area (Å²) in [6.45, 7) is 3.87. The van der Waals surface area contributed by atoms with E-state index < -0.39 is 5.97 Å².